The molecular formula is C18H24N2O2S. The third-order valence-electron chi connectivity index (χ3n) is 4.63. The minimum Gasteiger partial charge on any atom is -0.351 e. The lowest BCUT2D eigenvalue weighted by Crippen LogP contribution is -2.41. The van der Waals surface area contributed by atoms with E-state index in [1.807, 2.05) is 23.1 Å². The maximum atomic E-state index is 12.5. The highest BCUT2D eigenvalue weighted by Crippen LogP contribution is 2.22. The Hall–Kier alpha value is -1.49. The number of likely N-dealkylation sites (tertiary alicyclic amines) is 1. The minimum absolute atomic E-state index is 0.0107. The van der Waals surface area contributed by atoms with Crippen LogP contribution in [0.15, 0.2) is 30.3 Å². The number of carbonyl (C=O) groups excluding carboxylic acids is 2. The van der Waals surface area contributed by atoms with E-state index >= 15 is 0 Å². The molecule has 23 heavy (non-hydrogen) atoms. The van der Waals surface area contributed by atoms with Crippen molar-refractivity contribution in [2.75, 3.05) is 18.8 Å². The molecular weight excluding hydrogens is 308 g/mol. The van der Waals surface area contributed by atoms with Gasteiger partial charge in [-0.1, -0.05) is 36.8 Å². The van der Waals surface area contributed by atoms with E-state index in [1.54, 1.807) is 11.8 Å². The second kappa shape index (κ2) is 7.86. The van der Waals surface area contributed by atoms with Crippen LogP contribution in [0.4, 0.5) is 0 Å². The molecule has 2 aliphatic heterocycles. The van der Waals surface area contributed by atoms with Crippen LogP contribution in [-0.4, -0.2) is 41.6 Å². The molecule has 2 bridgehead atoms. The van der Waals surface area contributed by atoms with Gasteiger partial charge in [0.2, 0.25) is 11.8 Å². The molecule has 2 aliphatic rings. The maximum Gasteiger partial charge on any atom is 0.225 e. The van der Waals surface area contributed by atoms with Crippen LogP contribution in [0.3, 0.4) is 0 Å². The predicted octanol–water partition coefficient (Wildman–Crippen LogP) is 2.44. The summed E-state index contributed by atoms with van der Waals surface area (Å²) in [6.45, 7) is 1.29. The largest absolute Gasteiger partial charge is 0.351 e. The van der Waals surface area contributed by atoms with Crippen molar-refractivity contribution in [2.45, 2.75) is 37.5 Å². The Morgan fingerprint density at radius 3 is 2.87 bits per heavy atom. The summed E-state index contributed by atoms with van der Waals surface area (Å²) in [4.78, 5) is 26.4. The molecule has 2 saturated heterocycles. The summed E-state index contributed by atoms with van der Waals surface area (Å²) in [5, 5.41) is 3.08. The van der Waals surface area contributed by atoms with E-state index in [0.29, 0.717) is 19.5 Å². The van der Waals surface area contributed by atoms with Gasteiger partial charge in [0.05, 0.1) is 5.92 Å². The van der Waals surface area contributed by atoms with Gasteiger partial charge in [-0.05, 0) is 18.4 Å². The molecule has 1 N–H and O–H groups in total. The molecule has 1 aromatic rings. The number of thioether (sulfide) groups is 1. The molecule has 0 saturated carbocycles. The topological polar surface area (TPSA) is 49.4 Å². The quantitative estimate of drug-likeness (QED) is 0.843. The lowest BCUT2D eigenvalue weighted by atomic mass is 9.99. The van der Waals surface area contributed by atoms with Crippen LogP contribution >= 0.6 is 11.8 Å². The van der Waals surface area contributed by atoms with Gasteiger partial charge >= 0.3 is 0 Å². The Morgan fingerprint density at radius 1 is 1.22 bits per heavy atom. The standard InChI is InChI=1S/C18H24N2O2S/c21-17(9-10-23-13-14-5-2-1-3-6-14)20-11-15-7-4-8-16(12-20)19-18(15)22/h1-3,5-6,15-16H,4,7-13H2,(H,19,22)/t15-,16+/m1/s1. The molecule has 0 aromatic heterocycles. The fourth-order valence-corrected chi connectivity index (χ4v) is 4.23. The highest BCUT2D eigenvalue weighted by molar-refractivity contribution is 7.98. The van der Waals surface area contributed by atoms with Gasteiger partial charge < -0.3 is 10.2 Å². The molecule has 1 aromatic carbocycles. The van der Waals surface area contributed by atoms with Crippen LogP contribution in [0.2, 0.25) is 0 Å². The van der Waals surface area contributed by atoms with Crippen molar-refractivity contribution >= 4 is 23.6 Å². The lowest BCUT2D eigenvalue weighted by molar-refractivity contribution is -0.132. The highest BCUT2D eigenvalue weighted by Gasteiger charge is 2.33. The molecule has 0 radical (unpaired) electrons. The van der Waals surface area contributed by atoms with Gasteiger partial charge in [-0.2, -0.15) is 11.8 Å². The van der Waals surface area contributed by atoms with Crippen LogP contribution in [0, 0.1) is 5.92 Å². The molecule has 3 rings (SSSR count). The molecule has 2 fully saturated rings. The molecule has 5 heteroatoms. The summed E-state index contributed by atoms with van der Waals surface area (Å²) in [5.74, 6) is 2.10. The molecule has 2 amide bonds. The zero-order valence-corrected chi connectivity index (χ0v) is 14.2. The fourth-order valence-electron chi connectivity index (χ4n) is 3.34. The second-order valence-corrected chi connectivity index (χ2v) is 7.53. The SMILES string of the molecule is O=C1N[C@H]2CCC[C@@H]1CN(C(=O)CCSCc1ccccc1)C2. The van der Waals surface area contributed by atoms with Gasteiger partial charge in [-0.15, -0.1) is 0 Å². The molecule has 2 heterocycles. The Labute approximate surface area is 142 Å². The van der Waals surface area contributed by atoms with Gasteiger partial charge in [-0.3, -0.25) is 9.59 Å². The van der Waals surface area contributed by atoms with E-state index in [0.717, 1.165) is 30.8 Å². The molecule has 0 unspecified atom stereocenters. The maximum absolute atomic E-state index is 12.5. The first kappa shape index (κ1) is 16.4. The Kier molecular flexibility index (Phi) is 5.60. The monoisotopic (exact) mass is 332 g/mol. The lowest BCUT2D eigenvalue weighted by Gasteiger charge is -2.27. The average molecular weight is 332 g/mol. The molecule has 4 nitrogen and oxygen atoms in total. The van der Waals surface area contributed by atoms with Crippen molar-refractivity contribution in [3.63, 3.8) is 0 Å². The van der Waals surface area contributed by atoms with E-state index in [1.165, 1.54) is 5.56 Å². The van der Waals surface area contributed by atoms with Crippen molar-refractivity contribution in [3.05, 3.63) is 35.9 Å². The van der Waals surface area contributed by atoms with Gasteiger partial charge in [0.15, 0.2) is 0 Å². The van der Waals surface area contributed by atoms with Crippen LogP contribution in [0.5, 0.6) is 0 Å². The predicted molar refractivity (Wildman–Crippen MR) is 93.1 cm³/mol. The number of nitrogens with one attached hydrogen (secondary N) is 1. The first-order chi connectivity index (χ1) is 11.2. The third-order valence-corrected chi connectivity index (χ3v) is 5.66. The van der Waals surface area contributed by atoms with Crippen LogP contribution in [0.1, 0.15) is 31.2 Å². The van der Waals surface area contributed by atoms with Crippen LogP contribution < -0.4 is 5.32 Å². The Morgan fingerprint density at radius 2 is 2.04 bits per heavy atom. The summed E-state index contributed by atoms with van der Waals surface area (Å²) >= 11 is 1.80. The van der Waals surface area contributed by atoms with Crippen molar-refractivity contribution < 1.29 is 9.59 Å². The molecule has 0 aliphatic carbocycles. The van der Waals surface area contributed by atoms with Gasteiger partial charge in [0.1, 0.15) is 0 Å². The number of hydrogen-bond donors (Lipinski definition) is 1. The zero-order chi connectivity index (χ0) is 16.1. The van der Waals surface area contributed by atoms with E-state index in [2.05, 4.69) is 17.4 Å². The number of carbonyl (C=O) groups is 2. The first-order valence-electron chi connectivity index (χ1n) is 8.42. The summed E-state index contributed by atoms with van der Waals surface area (Å²) in [6, 6.07) is 10.5. The Balaban J connectivity index is 1.45. The van der Waals surface area contributed by atoms with Gasteiger partial charge in [-0.25, -0.2) is 0 Å². The third kappa shape index (κ3) is 4.50. The minimum atomic E-state index is -0.0107. The van der Waals surface area contributed by atoms with Crippen molar-refractivity contribution in [2.24, 2.45) is 5.92 Å². The number of rotatable bonds is 5. The van der Waals surface area contributed by atoms with Crippen LogP contribution in [0.25, 0.3) is 0 Å². The number of benzene rings is 1. The highest BCUT2D eigenvalue weighted by atomic mass is 32.2. The molecule has 0 spiro atoms. The summed E-state index contributed by atoms with van der Waals surface area (Å²) in [5.41, 5.74) is 1.30. The fraction of sp³-hybridized carbons (Fsp3) is 0.556. The molecule has 2 atom stereocenters. The summed E-state index contributed by atoms with van der Waals surface area (Å²) in [7, 11) is 0. The normalized spacial score (nSPS) is 24.0. The second-order valence-electron chi connectivity index (χ2n) is 6.42. The van der Waals surface area contributed by atoms with E-state index in [-0.39, 0.29) is 23.8 Å². The number of nitrogens with zero attached hydrogens (tertiary/aromatic N) is 1. The number of fused-ring (bicyclic) bond motifs is 3. The van der Waals surface area contributed by atoms with E-state index < -0.39 is 0 Å². The van der Waals surface area contributed by atoms with E-state index in [9.17, 15) is 9.59 Å². The van der Waals surface area contributed by atoms with Crippen molar-refractivity contribution in [3.8, 4) is 0 Å². The summed E-state index contributed by atoms with van der Waals surface area (Å²) < 4.78 is 0. The van der Waals surface area contributed by atoms with E-state index in [4.69, 9.17) is 0 Å². The number of hydrogen-bond acceptors (Lipinski definition) is 3. The van der Waals surface area contributed by atoms with Gasteiger partial charge in [0.25, 0.3) is 0 Å². The zero-order valence-electron chi connectivity index (χ0n) is 13.4. The van der Waals surface area contributed by atoms with Crippen LogP contribution in [-0.2, 0) is 15.3 Å². The smallest absolute Gasteiger partial charge is 0.225 e. The van der Waals surface area contributed by atoms with Crippen molar-refractivity contribution in [1.29, 1.82) is 0 Å². The average Bonchev–Trinajstić information content (AvgIpc) is 2.81. The number of amides is 2. The first-order valence-corrected chi connectivity index (χ1v) is 9.57. The van der Waals surface area contributed by atoms with Gasteiger partial charge in [0, 0.05) is 37.1 Å². The Bertz CT molecular complexity index is 549. The molecule has 124 valence electrons. The summed E-state index contributed by atoms with van der Waals surface area (Å²) in [6.07, 6.45) is 3.55. The van der Waals surface area contributed by atoms with Crippen molar-refractivity contribution in [1.82, 2.24) is 10.2 Å².